The number of sulfonamides is 1. The molecule has 0 saturated carbocycles. The number of hydrogen-bond acceptors (Lipinski definition) is 8. The molecule has 0 unspecified atom stereocenters. The number of methoxy groups -OCH3 is 2. The van der Waals surface area contributed by atoms with Gasteiger partial charge in [-0.25, -0.2) is 22.7 Å². The molecule has 33 heavy (non-hydrogen) atoms. The van der Waals surface area contributed by atoms with E-state index >= 15 is 0 Å². The number of ether oxygens (including phenoxy) is 2. The number of nitrogens with one attached hydrogen (secondary N) is 1. The number of hydrogen-bond donors (Lipinski definition) is 1. The highest BCUT2D eigenvalue weighted by atomic mass is 32.2. The predicted molar refractivity (Wildman–Crippen MR) is 106 cm³/mol. The summed E-state index contributed by atoms with van der Waals surface area (Å²) in [5, 5.41) is 3.65. The smallest absolute Gasteiger partial charge is 0.446 e. The Morgan fingerprint density at radius 1 is 1.12 bits per heavy atom. The van der Waals surface area contributed by atoms with E-state index in [4.69, 9.17) is 13.9 Å². The Kier molecular flexibility index (Phi) is 6.48. The minimum absolute atomic E-state index is 0.0593. The van der Waals surface area contributed by atoms with Crippen LogP contribution in [0, 0.1) is 0 Å². The first-order valence-electron chi connectivity index (χ1n) is 8.99. The van der Waals surface area contributed by atoms with Gasteiger partial charge in [-0.1, -0.05) is 12.1 Å². The Hall–Kier alpha value is -3.81. The average Bonchev–Trinajstić information content (AvgIpc) is 3.13. The van der Waals surface area contributed by atoms with E-state index in [0.717, 1.165) is 12.1 Å². The summed E-state index contributed by atoms with van der Waals surface area (Å²) in [6.07, 6.45) is -4.85. The van der Waals surface area contributed by atoms with Crippen LogP contribution in [0.2, 0.25) is 0 Å². The molecule has 0 radical (unpaired) electrons. The molecule has 0 fully saturated rings. The molecule has 10 nitrogen and oxygen atoms in total. The number of benzene rings is 2. The molecular weight excluding hydrogens is 471 g/mol. The minimum atomic E-state index is -4.79. The van der Waals surface area contributed by atoms with Gasteiger partial charge in [0, 0.05) is 0 Å². The van der Waals surface area contributed by atoms with Crippen molar-refractivity contribution in [1.82, 2.24) is 14.5 Å². The number of carbonyl (C=O) groups is 1. The highest BCUT2D eigenvalue weighted by Crippen LogP contribution is 2.30. The summed E-state index contributed by atoms with van der Waals surface area (Å²) in [5.74, 6) is -0.671. The molecule has 3 rings (SSSR count). The second-order valence-electron chi connectivity index (χ2n) is 6.48. The molecule has 1 heterocycles. The summed E-state index contributed by atoms with van der Waals surface area (Å²) in [4.78, 5) is 23.4. The summed E-state index contributed by atoms with van der Waals surface area (Å²) in [6.45, 7) is 0. The Labute approximate surface area is 184 Å². The molecule has 14 heteroatoms. The molecule has 2 aromatic carbocycles. The highest BCUT2D eigenvalue weighted by Gasteiger charge is 2.32. The van der Waals surface area contributed by atoms with Crippen LogP contribution in [0.15, 0.2) is 56.6 Å². The van der Waals surface area contributed by atoms with E-state index in [1.54, 1.807) is 18.2 Å². The number of carbonyl (C=O) groups excluding carboxylic acids is 1. The number of alkyl halides is 3. The van der Waals surface area contributed by atoms with Crippen molar-refractivity contribution in [2.45, 2.75) is 17.5 Å². The van der Waals surface area contributed by atoms with Gasteiger partial charge in [-0.2, -0.15) is 13.2 Å². The third-order valence-corrected chi connectivity index (χ3v) is 5.60. The van der Waals surface area contributed by atoms with Crippen LogP contribution in [0.5, 0.6) is 11.5 Å². The number of halogens is 3. The average molecular weight is 487 g/mol. The van der Waals surface area contributed by atoms with Crippen molar-refractivity contribution in [2.24, 2.45) is 0 Å². The number of rotatable bonds is 6. The van der Waals surface area contributed by atoms with Gasteiger partial charge in [-0.05, 0) is 35.9 Å². The molecule has 0 aliphatic rings. The van der Waals surface area contributed by atoms with Gasteiger partial charge in [-0.3, -0.25) is 0 Å². The van der Waals surface area contributed by atoms with E-state index < -0.39 is 38.4 Å². The fourth-order valence-electron chi connectivity index (χ4n) is 2.74. The summed E-state index contributed by atoms with van der Waals surface area (Å²) < 4.78 is 80.0. The standard InChI is InChI=1S/C19H16F3N3O7S/c1-30-14-7-6-11(8-15(14)31-2)9-16-23-25(18(27)32-16)17(26)24-33(28,29)13-5-3-4-12(10-13)19(20,21)22/h3-8,10H,9H2,1-2H3,(H,24,26). The molecule has 0 bridgehead atoms. The molecule has 1 N–H and O–H groups in total. The minimum Gasteiger partial charge on any atom is -0.493 e. The largest absolute Gasteiger partial charge is 0.493 e. The quantitative estimate of drug-likeness (QED) is 0.561. The topological polar surface area (TPSA) is 130 Å². The maximum atomic E-state index is 12.8. The Balaban J connectivity index is 1.81. The Morgan fingerprint density at radius 3 is 2.45 bits per heavy atom. The predicted octanol–water partition coefficient (Wildman–Crippen LogP) is 2.41. The van der Waals surface area contributed by atoms with Gasteiger partial charge in [0.2, 0.25) is 5.89 Å². The van der Waals surface area contributed by atoms with Crippen molar-refractivity contribution in [3.63, 3.8) is 0 Å². The number of nitrogens with zero attached hydrogens (tertiary/aromatic N) is 2. The molecule has 0 aliphatic carbocycles. The van der Waals surface area contributed by atoms with E-state index in [0.29, 0.717) is 29.2 Å². The van der Waals surface area contributed by atoms with Crippen LogP contribution in [0.4, 0.5) is 18.0 Å². The molecular formula is C19H16F3N3O7S. The van der Waals surface area contributed by atoms with Crippen LogP contribution in [-0.4, -0.2) is 38.4 Å². The number of aromatic nitrogens is 2. The third-order valence-electron chi connectivity index (χ3n) is 4.28. The van der Waals surface area contributed by atoms with Crippen LogP contribution >= 0.6 is 0 Å². The zero-order chi connectivity index (χ0) is 24.4. The Morgan fingerprint density at radius 2 is 1.82 bits per heavy atom. The molecule has 1 amide bonds. The van der Waals surface area contributed by atoms with Crippen molar-refractivity contribution in [1.29, 1.82) is 0 Å². The van der Waals surface area contributed by atoms with Crippen LogP contribution < -0.4 is 20.0 Å². The maximum Gasteiger partial charge on any atom is 0.446 e. The van der Waals surface area contributed by atoms with Crippen molar-refractivity contribution < 1.29 is 40.3 Å². The van der Waals surface area contributed by atoms with Gasteiger partial charge in [0.15, 0.2) is 11.5 Å². The molecule has 176 valence electrons. The first-order chi connectivity index (χ1) is 15.4. The van der Waals surface area contributed by atoms with Gasteiger partial charge >= 0.3 is 18.0 Å². The second kappa shape index (κ2) is 8.97. The van der Waals surface area contributed by atoms with Crippen LogP contribution in [0.1, 0.15) is 17.0 Å². The molecule has 1 aromatic heterocycles. The third kappa shape index (κ3) is 5.34. The van der Waals surface area contributed by atoms with Crippen LogP contribution in [0.3, 0.4) is 0 Å². The van der Waals surface area contributed by atoms with Crippen molar-refractivity contribution in [3.05, 3.63) is 70.0 Å². The highest BCUT2D eigenvalue weighted by molar-refractivity contribution is 7.90. The maximum absolute atomic E-state index is 12.8. The fourth-order valence-corrected chi connectivity index (χ4v) is 3.71. The van der Waals surface area contributed by atoms with Gasteiger partial charge in [0.1, 0.15) is 0 Å². The Bertz CT molecular complexity index is 1350. The molecule has 3 aromatic rings. The van der Waals surface area contributed by atoms with Crippen LogP contribution in [0.25, 0.3) is 0 Å². The van der Waals surface area contributed by atoms with Crippen LogP contribution in [-0.2, 0) is 22.6 Å². The van der Waals surface area contributed by atoms with E-state index in [1.165, 1.54) is 18.9 Å². The van der Waals surface area contributed by atoms with E-state index in [1.807, 2.05) is 0 Å². The summed E-state index contributed by atoms with van der Waals surface area (Å²) in [6, 6.07) is 6.02. The fraction of sp³-hybridized carbons (Fsp3) is 0.211. The van der Waals surface area contributed by atoms with Gasteiger partial charge in [0.05, 0.1) is 31.1 Å². The normalized spacial score (nSPS) is 11.8. The lowest BCUT2D eigenvalue weighted by molar-refractivity contribution is -0.137. The van der Waals surface area contributed by atoms with Gasteiger partial charge in [0.25, 0.3) is 10.0 Å². The second-order valence-corrected chi connectivity index (χ2v) is 8.16. The van der Waals surface area contributed by atoms with Gasteiger partial charge in [-0.15, -0.1) is 9.78 Å². The first-order valence-corrected chi connectivity index (χ1v) is 10.5. The molecule has 0 spiro atoms. The first kappa shape index (κ1) is 23.8. The van der Waals surface area contributed by atoms with E-state index in [-0.39, 0.29) is 17.0 Å². The lowest BCUT2D eigenvalue weighted by Gasteiger charge is -2.09. The molecule has 0 atom stereocenters. The van der Waals surface area contributed by atoms with Crippen molar-refractivity contribution in [3.8, 4) is 11.5 Å². The monoisotopic (exact) mass is 487 g/mol. The molecule has 0 aliphatic heterocycles. The zero-order valence-corrected chi connectivity index (χ0v) is 17.9. The SMILES string of the molecule is COc1ccc(Cc2nn(C(=O)NS(=O)(=O)c3cccc(C(F)(F)F)c3)c(=O)o2)cc1OC. The van der Waals surface area contributed by atoms with E-state index in [9.17, 15) is 31.2 Å². The summed E-state index contributed by atoms with van der Waals surface area (Å²) >= 11 is 0. The van der Waals surface area contributed by atoms with Crippen molar-refractivity contribution >= 4 is 16.1 Å². The van der Waals surface area contributed by atoms with Gasteiger partial charge < -0.3 is 13.9 Å². The molecule has 0 saturated heterocycles. The number of amides is 1. The summed E-state index contributed by atoms with van der Waals surface area (Å²) in [7, 11) is -1.87. The lowest BCUT2D eigenvalue weighted by Crippen LogP contribution is -2.39. The zero-order valence-electron chi connectivity index (χ0n) is 17.0. The van der Waals surface area contributed by atoms with Crippen molar-refractivity contribution in [2.75, 3.05) is 14.2 Å². The lowest BCUT2D eigenvalue weighted by atomic mass is 10.1. The van der Waals surface area contributed by atoms with E-state index in [2.05, 4.69) is 5.10 Å². The summed E-state index contributed by atoms with van der Waals surface area (Å²) in [5.41, 5.74) is -0.660.